The van der Waals surface area contributed by atoms with E-state index in [9.17, 15) is 4.79 Å². The summed E-state index contributed by atoms with van der Waals surface area (Å²) in [5.41, 5.74) is 2.54. The number of unbranched alkanes of at least 4 members (excludes halogenated alkanes) is 1. The second-order valence-corrected chi connectivity index (χ2v) is 5.21. The molecule has 2 N–H and O–H groups in total. The molecule has 0 spiro atoms. The predicted molar refractivity (Wildman–Crippen MR) is 90.3 cm³/mol. The zero-order chi connectivity index (χ0) is 15.8. The Hall–Kier alpha value is -2.07. The molecule has 0 saturated carbocycles. The third kappa shape index (κ3) is 4.46. The Balaban J connectivity index is 2.06. The lowest BCUT2D eigenvalue weighted by atomic mass is 10.1. The van der Waals surface area contributed by atoms with Crippen LogP contribution in [0.5, 0.6) is 5.75 Å². The molecular weight excluding hydrogens is 276 g/mol. The molecule has 22 heavy (non-hydrogen) atoms. The highest BCUT2D eigenvalue weighted by molar-refractivity contribution is 5.60. The van der Waals surface area contributed by atoms with Gasteiger partial charge < -0.3 is 15.0 Å². The summed E-state index contributed by atoms with van der Waals surface area (Å²) < 4.78 is 5.42. The molecule has 0 unspecified atom stereocenters. The van der Waals surface area contributed by atoms with Crippen molar-refractivity contribution < 1.29 is 4.74 Å². The molecule has 0 aliphatic rings. The molecule has 0 aliphatic heterocycles. The molecular formula is C18H24N2O2. The van der Waals surface area contributed by atoms with E-state index in [2.05, 4.69) is 17.2 Å². The lowest BCUT2D eigenvalue weighted by Gasteiger charge is -2.07. The maximum absolute atomic E-state index is 12.1. The van der Waals surface area contributed by atoms with Gasteiger partial charge in [-0.15, -0.1) is 0 Å². The molecule has 0 bridgehead atoms. The molecule has 0 radical (unpaired) electrons. The van der Waals surface area contributed by atoms with Gasteiger partial charge in [0.15, 0.2) is 0 Å². The molecule has 4 nitrogen and oxygen atoms in total. The quantitative estimate of drug-likeness (QED) is 0.735. The Morgan fingerprint density at radius 3 is 2.50 bits per heavy atom. The van der Waals surface area contributed by atoms with E-state index in [-0.39, 0.29) is 5.56 Å². The Labute approximate surface area is 131 Å². The van der Waals surface area contributed by atoms with Crippen molar-refractivity contribution in [3.63, 3.8) is 0 Å². The van der Waals surface area contributed by atoms with Crippen molar-refractivity contribution in [3.05, 3.63) is 52.3 Å². The fourth-order valence-electron chi connectivity index (χ4n) is 2.23. The zero-order valence-electron chi connectivity index (χ0n) is 13.3. The molecule has 0 fully saturated rings. The summed E-state index contributed by atoms with van der Waals surface area (Å²) in [6.07, 6.45) is 2.28. The number of hydrogen-bond acceptors (Lipinski definition) is 3. The molecule has 0 aliphatic carbocycles. The van der Waals surface area contributed by atoms with Gasteiger partial charge in [0.05, 0.1) is 6.61 Å². The van der Waals surface area contributed by atoms with E-state index >= 15 is 0 Å². The Kier molecular flexibility index (Phi) is 6.22. The molecule has 2 aromatic rings. The Morgan fingerprint density at radius 1 is 1.09 bits per heavy atom. The molecule has 1 aromatic heterocycles. The van der Waals surface area contributed by atoms with E-state index in [0.29, 0.717) is 13.2 Å². The number of aromatic nitrogens is 1. The van der Waals surface area contributed by atoms with Crippen LogP contribution < -0.4 is 15.6 Å². The summed E-state index contributed by atoms with van der Waals surface area (Å²) >= 11 is 0. The molecule has 0 amide bonds. The summed E-state index contributed by atoms with van der Waals surface area (Å²) in [5.74, 6) is 0.838. The van der Waals surface area contributed by atoms with E-state index in [1.807, 2.05) is 43.3 Å². The van der Waals surface area contributed by atoms with Gasteiger partial charge in [-0.05, 0) is 55.8 Å². The maximum Gasteiger partial charge on any atom is 0.252 e. The van der Waals surface area contributed by atoms with Crippen molar-refractivity contribution in [2.75, 3.05) is 13.2 Å². The number of nitrogens with one attached hydrogen (secondary N) is 2. The normalized spacial score (nSPS) is 10.6. The van der Waals surface area contributed by atoms with Crippen molar-refractivity contribution in [1.29, 1.82) is 0 Å². The van der Waals surface area contributed by atoms with Gasteiger partial charge in [-0.1, -0.05) is 19.4 Å². The van der Waals surface area contributed by atoms with Crippen LogP contribution in [0.15, 0.2) is 41.2 Å². The number of rotatable bonds is 8. The number of benzene rings is 1. The van der Waals surface area contributed by atoms with Gasteiger partial charge >= 0.3 is 0 Å². The van der Waals surface area contributed by atoms with Crippen LogP contribution in [0.3, 0.4) is 0 Å². The van der Waals surface area contributed by atoms with Crippen molar-refractivity contribution in [1.82, 2.24) is 10.3 Å². The van der Waals surface area contributed by atoms with E-state index in [1.165, 1.54) is 0 Å². The second kappa shape index (κ2) is 8.39. The molecule has 2 rings (SSSR count). The van der Waals surface area contributed by atoms with E-state index in [1.54, 1.807) is 0 Å². The first kappa shape index (κ1) is 16.3. The van der Waals surface area contributed by atoms with Gasteiger partial charge in [-0.2, -0.15) is 0 Å². The Morgan fingerprint density at radius 2 is 1.86 bits per heavy atom. The van der Waals surface area contributed by atoms with Crippen LogP contribution in [-0.4, -0.2) is 18.1 Å². The van der Waals surface area contributed by atoms with Crippen LogP contribution in [0.1, 0.15) is 32.3 Å². The number of pyridine rings is 1. The molecule has 0 atom stereocenters. The molecule has 118 valence electrons. The van der Waals surface area contributed by atoms with Crippen molar-refractivity contribution in [2.45, 2.75) is 33.2 Å². The van der Waals surface area contributed by atoms with Crippen molar-refractivity contribution >= 4 is 0 Å². The van der Waals surface area contributed by atoms with Crippen LogP contribution in [-0.2, 0) is 6.54 Å². The molecule has 1 heterocycles. The first-order chi connectivity index (χ1) is 10.7. The zero-order valence-corrected chi connectivity index (χ0v) is 13.3. The van der Waals surface area contributed by atoms with Gasteiger partial charge in [-0.3, -0.25) is 4.79 Å². The largest absolute Gasteiger partial charge is 0.494 e. The van der Waals surface area contributed by atoms with Crippen LogP contribution in [0.4, 0.5) is 0 Å². The van der Waals surface area contributed by atoms with Crippen molar-refractivity contribution in [3.8, 4) is 17.0 Å². The lowest BCUT2D eigenvalue weighted by molar-refractivity contribution is 0.340. The first-order valence-electron chi connectivity index (χ1n) is 7.90. The van der Waals surface area contributed by atoms with E-state index in [4.69, 9.17) is 4.74 Å². The standard InChI is InChI=1S/C18H24N2O2/c1-3-5-12-19-13-15-8-11-17(20-18(15)21)14-6-9-16(10-7-14)22-4-2/h6-11,19H,3-5,12-13H2,1-2H3,(H,20,21). The Bertz CT molecular complexity index is 632. The van der Waals surface area contributed by atoms with Crippen LogP contribution in [0.25, 0.3) is 11.3 Å². The monoisotopic (exact) mass is 300 g/mol. The highest BCUT2D eigenvalue weighted by Crippen LogP contribution is 2.20. The van der Waals surface area contributed by atoms with Gasteiger partial charge in [-0.25, -0.2) is 0 Å². The SMILES string of the molecule is CCCCNCc1ccc(-c2ccc(OCC)cc2)[nH]c1=O. The summed E-state index contributed by atoms with van der Waals surface area (Å²) in [6.45, 7) is 6.31. The maximum atomic E-state index is 12.1. The third-order valence-corrected chi connectivity index (χ3v) is 3.49. The lowest BCUT2D eigenvalue weighted by Crippen LogP contribution is -2.21. The molecule has 4 heteroatoms. The average Bonchev–Trinajstić information content (AvgIpc) is 2.54. The number of aromatic amines is 1. The summed E-state index contributed by atoms with van der Waals surface area (Å²) in [7, 11) is 0. The second-order valence-electron chi connectivity index (χ2n) is 5.21. The van der Waals surface area contributed by atoms with Gasteiger partial charge in [0.1, 0.15) is 5.75 Å². The van der Waals surface area contributed by atoms with Crippen LogP contribution in [0.2, 0.25) is 0 Å². The summed E-state index contributed by atoms with van der Waals surface area (Å²) in [4.78, 5) is 15.1. The van der Waals surface area contributed by atoms with Gasteiger partial charge in [0, 0.05) is 17.8 Å². The molecule has 1 aromatic carbocycles. The number of ether oxygens (including phenoxy) is 1. The molecule has 0 saturated heterocycles. The number of hydrogen-bond donors (Lipinski definition) is 2. The van der Waals surface area contributed by atoms with Crippen LogP contribution in [0, 0.1) is 0 Å². The van der Waals surface area contributed by atoms with Gasteiger partial charge in [0.2, 0.25) is 0 Å². The smallest absolute Gasteiger partial charge is 0.252 e. The number of H-pyrrole nitrogens is 1. The van der Waals surface area contributed by atoms with Crippen LogP contribution >= 0.6 is 0 Å². The third-order valence-electron chi connectivity index (χ3n) is 3.49. The minimum Gasteiger partial charge on any atom is -0.494 e. The topological polar surface area (TPSA) is 54.1 Å². The highest BCUT2D eigenvalue weighted by atomic mass is 16.5. The average molecular weight is 300 g/mol. The van der Waals surface area contributed by atoms with E-state index in [0.717, 1.165) is 42.0 Å². The fourth-order valence-corrected chi connectivity index (χ4v) is 2.23. The summed E-state index contributed by atoms with van der Waals surface area (Å²) in [5, 5.41) is 3.29. The fraction of sp³-hybridized carbons (Fsp3) is 0.389. The van der Waals surface area contributed by atoms with E-state index < -0.39 is 0 Å². The van der Waals surface area contributed by atoms with Gasteiger partial charge in [0.25, 0.3) is 5.56 Å². The highest BCUT2D eigenvalue weighted by Gasteiger charge is 2.03. The minimum absolute atomic E-state index is 0.0321. The minimum atomic E-state index is -0.0321. The predicted octanol–water partition coefficient (Wildman–Crippen LogP) is 3.33. The van der Waals surface area contributed by atoms with Crippen molar-refractivity contribution in [2.24, 2.45) is 0 Å². The first-order valence-corrected chi connectivity index (χ1v) is 7.90. The summed E-state index contributed by atoms with van der Waals surface area (Å²) in [6, 6.07) is 11.6.